The van der Waals surface area contributed by atoms with Crippen molar-refractivity contribution >= 4 is 17.3 Å². The second kappa shape index (κ2) is 5.28. The molecule has 1 saturated heterocycles. The van der Waals surface area contributed by atoms with E-state index in [1.54, 1.807) is 0 Å². The van der Waals surface area contributed by atoms with Gasteiger partial charge in [0.1, 0.15) is 0 Å². The highest BCUT2D eigenvalue weighted by Gasteiger charge is 2.25. The molecule has 0 bridgehead atoms. The maximum atomic E-state index is 9.09. The van der Waals surface area contributed by atoms with Gasteiger partial charge in [-0.15, -0.1) is 0 Å². The van der Waals surface area contributed by atoms with E-state index < -0.39 is 0 Å². The lowest BCUT2D eigenvalue weighted by atomic mass is 9.91. The molecule has 1 N–H and O–H groups in total. The molecule has 2 unspecified atom stereocenters. The SMILES string of the molecule is CC1CCCN(c2ccc(CO)cc2Cl)C1C. The molecule has 2 nitrogen and oxygen atoms in total. The molecule has 0 saturated carbocycles. The third-order valence-electron chi connectivity index (χ3n) is 3.88. The minimum Gasteiger partial charge on any atom is -0.392 e. The van der Waals surface area contributed by atoms with Crippen LogP contribution in [0.25, 0.3) is 0 Å². The van der Waals surface area contributed by atoms with Gasteiger partial charge in [0.25, 0.3) is 0 Å². The predicted molar refractivity (Wildman–Crippen MR) is 72.6 cm³/mol. The Balaban J connectivity index is 2.27. The number of aliphatic hydroxyl groups excluding tert-OH is 1. The lowest BCUT2D eigenvalue weighted by Crippen LogP contribution is -2.42. The van der Waals surface area contributed by atoms with Crippen LogP contribution in [-0.4, -0.2) is 17.7 Å². The molecule has 94 valence electrons. The number of rotatable bonds is 2. The molecule has 1 aromatic carbocycles. The fourth-order valence-corrected chi connectivity index (χ4v) is 2.87. The van der Waals surface area contributed by atoms with Crippen LogP contribution in [0.5, 0.6) is 0 Å². The smallest absolute Gasteiger partial charge is 0.0682 e. The van der Waals surface area contributed by atoms with Crippen LogP contribution in [0.4, 0.5) is 5.69 Å². The van der Waals surface area contributed by atoms with Gasteiger partial charge in [-0.3, -0.25) is 0 Å². The van der Waals surface area contributed by atoms with Crippen LogP contribution in [0.3, 0.4) is 0 Å². The molecule has 1 aliphatic heterocycles. The number of aliphatic hydroxyl groups is 1. The number of hydrogen-bond acceptors (Lipinski definition) is 2. The van der Waals surface area contributed by atoms with Gasteiger partial charge in [0.05, 0.1) is 17.3 Å². The molecule has 0 aliphatic carbocycles. The van der Waals surface area contributed by atoms with Crippen LogP contribution in [0, 0.1) is 5.92 Å². The summed E-state index contributed by atoms with van der Waals surface area (Å²) in [5, 5.41) is 9.83. The lowest BCUT2D eigenvalue weighted by molar-refractivity contribution is 0.282. The summed E-state index contributed by atoms with van der Waals surface area (Å²) in [6.45, 7) is 5.68. The molecule has 0 aromatic heterocycles. The van der Waals surface area contributed by atoms with Crippen LogP contribution in [0.1, 0.15) is 32.3 Å². The number of benzene rings is 1. The summed E-state index contributed by atoms with van der Waals surface area (Å²) < 4.78 is 0. The highest BCUT2D eigenvalue weighted by Crippen LogP contribution is 2.33. The highest BCUT2D eigenvalue weighted by molar-refractivity contribution is 6.33. The zero-order valence-corrected chi connectivity index (χ0v) is 11.2. The second-order valence-corrected chi connectivity index (χ2v) is 5.40. The third-order valence-corrected chi connectivity index (χ3v) is 4.18. The van der Waals surface area contributed by atoms with Crippen LogP contribution >= 0.6 is 11.6 Å². The Hall–Kier alpha value is -0.730. The van der Waals surface area contributed by atoms with E-state index in [-0.39, 0.29) is 6.61 Å². The first kappa shape index (κ1) is 12.7. The van der Waals surface area contributed by atoms with Gasteiger partial charge in [0, 0.05) is 12.6 Å². The summed E-state index contributed by atoms with van der Waals surface area (Å²) in [6, 6.07) is 6.37. The summed E-state index contributed by atoms with van der Waals surface area (Å²) in [4.78, 5) is 2.39. The van der Waals surface area contributed by atoms with Gasteiger partial charge in [-0.1, -0.05) is 24.6 Å². The molecular weight excluding hydrogens is 234 g/mol. The van der Waals surface area contributed by atoms with Crippen LogP contribution in [0.15, 0.2) is 18.2 Å². The summed E-state index contributed by atoms with van der Waals surface area (Å²) in [5.74, 6) is 0.706. The van der Waals surface area contributed by atoms with Crippen molar-refractivity contribution in [1.82, 2.24) is 0 Å². The first-order valence-corrected chi connectivity index (χ1v) is 6.67. The van der Waals surface area contributed by atoms with Crippen molar-refractivity contribution in [2.24, 2.45) is 5.92 Å². The Kier molecular flexibility index (Phi) is 3.95. The third kappa shape index (κ3) is 2.58. The first-order valence-electron chi connectivity index (χ1n) is 6.29. The van der Waals surface area contributed by atoms with Crippen LogP contribution in [0.2, 0.25) is 5.02 Å². The molecule has 1 aliphatic rings. The molecule has 0 spiro atoms. The number of hydrogen-bond donors (Lipinski definition) is 1. The Morgan fingerprint density at radius 2 is 2.18 bits per heavy atom. The highest BCUT2D eigenvalue weighted by atomic mass is 35.5. The van der Waals surface area contributed by atoms with E-state index >= 15 is 0 Å². The second-order valence-electron chi connectivity index (χ2n) is 5.00. The van der Waals surface area contributed by atoms with Gasteiger partial charge in [-0.25, -0.2) is 0 Å². The van der Waals surface area contributed by atoms with E-state index in [1.165, 1.54) is 12.8 Å². The number of piperidine rings is 1. The molecule has 1 heterocycles. The molecule has 1 aromatic rings. The van der Waals surface area contributed by atoms with Crippen molar-refractivity contribution in [3.63, 3.8) is 0 Å². The molecule has 1 fully saturated rings. The van der Waals surface area contributed by atoms with E-state index in [2.05, 4.69) is 18.7 Å². The zero-order chi connectivity index (χ0) is 12.4. The van der Waals surface area contributed by atoms with E-state index in [0.29, 0.717) is 12.0 Å². The summed E-state index contributed by atoms with van der Waals surface area (Å²) >= 11 is 6.30. The van der Waals surface area contributed by atoms with Crippen molar-refractivity contribution in [3.05, 3.63) is 28.8 Å². The molecule has 0 amide bonds. The van der Waals surface area contributed by atoms with Gasteiger partial charge in [0.2, 0.25) is 0 Å². The van der Waals surface area contributed by atoms with Crippen LogP contribution < -0.4 is 4.90 Å². The number of anilines is 1. The van der Waals surface area contributed by atoms with Crippen molar-refractivity contribution in [2.45, 2.75) is 39.3 Å². The lowest BCUT2D eigenvalue weighted by Gasteiger charge is -2.40. The van der Waals surface area contributed by atoms with Gasteiger partial charge in [-0.05, 0) is 43.4 Å². The first-order chi connectivity index (χ1) is 8.13. The van der Waals surface area contributed by atoms with Crippen molar-refractivity contribution in [2.75, 3.05) is 11.4 Å². The minimum absolute atomic E-state index is 0.0476. The normalized spacial score (nSPS) is 25.1. The van der Waals surface area contributed by atoms with Gasteiger partial charge < -0.3 is 10.0 Å². The number of halogens is 1. The van der Waals surface area contributed by atoms with Crippen molar-refractivity contribution < 1.29 is 5.11 Å². The summed E-state index contributed by atoms with van der Waals surface area (Å²) in [5.41, 5.74) is 1.97. The quantitative estimate of drug-likeness (QED) is 0.873. The Labute approximate surface area is 108 Å². The zero-order valence-electron chi connectivity index (χ0n) is 10.5. The molecule has 0 radical (unpaired) electrons. The topological polar surface area (TPSA) is 23.5 Å². The van der Waals surface area contributed by atoms with Crippen molar-refractivity contribution in [1.29, 1.82) is 0 Å². The summed E-state index contributed by atoms with van der Waals surface area (Å²) in [6.07, 6.45) is 2.52. The fourth-order valence-electron chi connectivity index (χ4n) is 2.56. The maximum Gasteiger partial charge on any atom is 0.0682 e. The minimum atomic E-state index is 0.0476. The molecular formula is C14H20ClNO. The molecule has 3 heteroatoms. The van der Waals surface area contributed by atoms with Gasteiger partial charge >= 0.3 is 0 Å². The van der Waals surface area contributed by atoms with E-state index in [0.717, 1.165) is 22.8 Å². The average molecular weight is 254 g/mol. The van der Waals surface area contributed by atoms with Gasteiger partial charge in [0.15, 0.2) is 0 Å². The average Bonchev–Trinajstić information content (AvgIpc) is 2.33. The van der Waals surface area contributed by atoms with E-state index in [9.17, 15) is 0 Å². The summed E-state index contributed by atoms with van der Waals surface area (Å²) in [7, 11) is 0. The van der Waals surface area contributed by atoms with Crippen molar-refractivity contribution in [3.8, 4) is 0 Å². The molecule has 17 heavy (non-hydrogen) atoms. The predicted octanol–water partition coefficient (Wildman–Crippen LogP) is 3.46. The Bertz CT molecular complexity index is 394. The Morgan fingerprint density at radius 3 is 2.82 bits per heavy atom. The van der Waals surface area contributed by atoms with Gasteiger partial charge in [-0.2, -0.15) is 0 Å². The monoisotopic (exact) mass is 253 g/mol. The standard InChI is InChI=1S/C14H20ClNO/c1-10-4-3-7-16(11(10)2)14-6-5-12(9-17)8-13(14)15/h5-6,8,10-11,17H,3-4,7,9H2,1-2H3. The fraction of sp³-hybridized carbons (Fsp3) is 0.571. The maximum absolute atomic E-state index is 9.09. The van der Waals surface area contributed by atoms with E-state index in [1.807, 2.05) is 18.2 Å². The van der Waals surface area contributed by atoms with Crippen LogP contribution in [-0.2, 0) is 6.61 Å². The molecule has 2 rings (SSSR count). The molecule has 2 atom stereocenters. The number of nitrogens with zero attached hydrogens (tertiary/aromatic N) is 1. The van der Waals surface area contributed by atoms with E-state index in [4.69, 9.17) is 16.7 Å². The Morgan fingerprint density at radius 1 is 1.41 bits per heavy atom. The largest absolute Gasteiger partial charge is 0.392 e.